The van der Waals surface area contributed by atoms with Crippen LogP contribution >= 0.6 is 0 Å². The molecule has 0 spiro atoms. The Morgan fingerprint density at radius 1 is 1.47 bits per heavy atom. The first-order valence-electron chi connectivity index (χ1n) is 5.61. The molecule has 0 radical (unpaired) electrons. The highest BCUT2D eigenvalue weighted by molar-refractivity contribution is 5.99. The Labute approximate surface area is 101 Å². The van der Waals surface area contributed by atoms with Crippen molar-refractivity contribution in [2.24, 2.45) is 5.73 Å². The van der Waals surface area contributed by atoms with Gasteiger partial charge in [-0.05, 0) is 29.7 Å². The molecule has 0 aromatic heterocycles. The fraction of sp³-hybridized carbons (Fsp3) is 0.462. The lowest BCUT2D eigenvalue weighted by Crippen LogP contribution is -2.29. The zero-order valence-corrected chi connectivity index (χ0v) is 10.4. The third-order valence-electron chi connectivity index (χ3n) is 2.66. The molecule has 1 unspecified atom stereocenters. The Balaban J connectivity index is 3.12. The Bertz CT molecular complexity index is 402. The molecule has 0 saturated heterocycles. The van der Waals surface area contributed by atoms with Gasteiger partial charge in [0.25, 0.3) is 0 Å². The monoisotopic (exact) mass is 237 g/mol. The van der Waals surface area contributed by atoms with E-state index in [-0.39, 0.29) is 18.2 Å². The first-order chi connectivity index (χ1) is 8.01. The largest absolute Gasteiger partial charge is 0.496 e. The number of methoxy groups -OCH3 is 1. The van der Waals surface area contributed by atoms with Gasteiger partial charge in [0.05, 0.1) is 7.11 Å². The molecule has 17 heavy (non-hydrogen) atoms. The summed E-state index contributed by atoms with van der Waals surface area (Å²) in [7, 11) is 1.59. The maximum Gasteiger partial charge on any atom is 0.192 e. The van der Waals surface area contributed by atoms with E-state index < -0.39 is 6.10 Å². The van der Waals surface area contributed by atoms with Gasteiger partial charge in [0.1, 0.15) is 11.9 Å². The molecule has 0 bridgehead atoms. The molecule has 0 amide bonds. The maximum atomic E-state index is 11.8. The number of hydrogen-bond donors (Lipinski definition) is 2. The van der Waals surface area contributed by atoms with Crippen LogP contribution in [0, 0.1) is 0 Å². The van der Waals surface area contributed by atoms with Crippen LogP contribution in [-0.2, 0) is 0 Å². The van der Waals surface area contributed by atoms with E-state index in [4.69, 9.17) is 10.5 Å². The van der Waals surface area contributed by atoms with Crippen molar-refractivity contribution in [1.82, 2.24) is 0 Å². The van der Waals surface area contributed by atoms with E-state index in [2.05, 4.69) is 0 Å². The van der Waals surface area contributed by atoms with E-state index in [1.54, 1.807) is 25.3 Å². The van der Waals surface area contributed by atoms with E-state index in [0.717, 1.165) is 11.3 Å². The Kier molecular flexibility index (Phi) is 4.66. The van der Waals surface area contributed by atoms with Crippen LogP contribution < -0.4 is 10.5 Å². The van der Waals surface area contributed by atoms with E-state index in [1.807, 2.05) is 13.8 Å². The SMILES string of the molecule is COc1ccc(C(=O)C(O)CN)cc1C(C)C. The number of hydrogen-bond acceptors (Lipinski definition) is 4. The predicted octanol–water partition coefficient (Wildman–Crippen LogP) is 1.32. The summed E-state index contributed by atoms with van der Waals surface area (Å²) in [5, 5.41) is 9.43. The summed E-state index contributed by atoms with van der Waals surface area (Å²) in [5.41, 5.74) is 6.68. The number of nitrogens with two attached hydrogens (primary N) is 1. The highest BCUT2D eigenvalue weighted by Crippen LogP contribution is 2.27. The third kappa shape index (κ3) is 3.05. The summed E-state index contributed by atoms with van der Waals surface area (Å²) < 4.78 is 5.23. The van der Waals surface area contributed by atoms with Crippen LogP contribution in [0.1, 0.15) is 35.7 Å². The van der Waals surface area contributed by atoms with Crippen LogP contribution in [0.25, 0.3) is 0 Å². The van der Waals surface area contributed by atoms with Crippen LogP contribution in [0.2, 0.25) is 0 Å². The second-order valence-electron chi connectivity index (χ2n) is 4.23. The van der Waals surface area contributed by atoms with Crippen molar-refractivity contribution in [2.75, 3.05) is 13.7 Å². The summed E-state index contributed by atoms with van der Waals surface area (Å²) in [6.45, 7) is 3.97. The molecule has 3 N–H and O–H groups in total. The fourth-order valence-corrected chi connectivity index (χ4v) is 1.64. The second-order valence-corrected chi connectivity index (χ2v) is 4.23. The Morgan fingerprint density at radius 3 is 2.59 bits per heavy atom. The molecule has 0 fully saturated rings. The molecule has 0 saturated carbocycles. The molecule has 4 nitrogen and oxygen atoms in total. The molecular weight excluding hydrogens is 218 g/mol. The van der Waals surface area contributed by atoms with Gasteiger partial charge in [0.15, 0.2) is 5.78 Å². The van der Waals surface area contributed by atoms with Crippen molar-refractivity contribution in [3.63, 3.8) is 0 Å². The van der Waals surface area contributed by atoms with Gasteiger partial charge in [-0.25, -0.2) is 0 Å². The molecule has 0 aliphatic carbocycles. The van der Waals surface area contributed by atoms with Crippen LogP contribution in [-0.4, -0.2) is 30.6 Å². The minimum absolute atomic E-state index is 0.0676. The molecule has 1 rings (SSSR count). The lowest BCUT2D eigenvalue weighted by molar-refractivity contribution is 0.0763. The van der Waals surface area contributed by atoms with Crippen molar-refractivity contribution in [3.8, 4) is 5.75 Å². The number of carbonyl (C=O) groups is 1. The Morgan fingerprint density at radius 2 is 2.12 bits per heavy atom. The summed E-state index contributed by atoms with van der Waals surface area (Å²) >= 11 is 0. The van der Waals surface area contributed by atoms with Gasteiger partial charge in [0, 0.05) is 12.1 Å². The molecule has 0 aliphatic heterocycles. The van der Waals surface area contributed by atoms with Crippen LogP contribution in [0.5, 0.6) is 5.75 Å². The van der Waals surface area contributed by atoms with Crippen LogP contribution in [0.3, 0.4) is 0 Å². The highest BCUT2D eigenvalue weighted by Gasteiger charge is 2.17. The van der Waals surface area contributed by atoms with E-state index >= 15 is 0 Å². The number of aliphatic hydroxyl groups excluding tert-OH is 1. The van der Waals surface area contributed by atoms with Crippen molar-refractivity contribution >= 4 is 5.78 Å². The van der Waals surface area contributed by atoms with Gasteiger partial charge in [-0.2, -0.15) is 0 Å². The van der Waals surface area contributed by atoms with Gasteiger partial charge in [0.2, 0.25) is 0 Å². The number of ketones is 1. The zero-order valence-electron chi connectivity index (χ0n) is 10.4. The molecule has 94 valence electrons. The summed E-state index contributed by atoms with van der Waals surface area (Å²) in [6.07, 6.45) is -1.14. The lowest BCUT2D eigenvalue weighted by atomic mass is 9.96. The highest BCUT2D eigenvalue weighted by atomic mass is 16.5. The average molecular weight is 237 g/mol. The fourth-order valence-electron chi connectivity index (χ4n) is 1.64. The summed E-state index contributed by atoms with van der Waals surface area (Å²) in [5.74, 6) is 0.642. The molecule has 0 aliphatic rings. The number of carbonyl (C=O) groups excluding carboxylic acids is 1. The lowest BCUT2D eigenvalue weighted by Gasteiger charge is -2.14. The number of ether oxygens (including phenoxy) is 1. The molecule has 4 heteroatoms. The maximum absolute atomic E-state index is 11.8. The van der Waals surface area contributed by atoms with Gasteiger partial charge < -0.3 is 15.6 Å². The molecule has 1 aromatic carbocycles. The standard InChI is InChI=1S/C13H19NO3/c1-8(2)10-6-9(4-5-12(10)17-3)13(16)11(15)7-14/h4-6,8,11,15H,7,14H2,1-3H3. The minimum Gasteiger partial charge on any atom is -0.496 e. The smallest absolute Gasteiger partial charge is 0.192 e. The topological polar surface area (TPSA) is 72.5 Å². The average Bonchev–Trinajstić information content (AvgIpc) is 2.35. The number of benzene rings is 1. The van der Waals surface area contributed by atoms with Crippen LogP contribution in [0.4, 0.5) is 0 Å². The van der Waals surface area contributed by atoms with Crippen molar-refractivity contribution in [2.45, 2.75) is 25.9 Å². The second kappa shape index (κ2) is 5.80. The van der Waals surface area contributed by atoms with Crippen molar-refractivity contribution in [3.05, 3.63) is 29.3 Å². The minimum atomic E-state index is -1.14. The van der Waals surface area contributed by atoms with Crippen LogP contribution in [0.15, 0.2) is 18.2 Å². The van der Waals surface area contributed by atoms with Gasteiger partial charge in [-0.1, -0.05) is 13.8 Å². The number of Topliss-reactive ketones (excluding diaryl/α,β-unsaturated/α-hetero) is 1. The van der Waals surface area contributed by atoms with Crippen molar-refractivity contribution in [1.29, 1.82) is 0 Å². The van der Waals surface area contributed by atoms with E-state index in [9.17, 15) is 9.90 Å². The zero-order chi connectivity index (χ0) is 13.0. The third-order valence-corrected chi connectivity index (χ3v) is 2.66. The summed E-state index contributed by atoms with van der Waals surface area (Å²) in [4.78, 5) is 11.8. The molecule has 1 atom stereocenters. The first kappa shape index (κ1) is 13.7. The van der Waals surface area contributed by atoms with E-state index in [0.29, 0.717) is 5.56 Å². The quantitative estimate of drug-likeness (QED) is 0.758. The van der Waals surface area contributed by atoms with E-state index in [1.165, 1.54) is 0 Å². The van der Waals surface area contributed by atoms with Crippen molar-refractivity contribution < 1.29 is 14.6 Å². The van der Waals surface area contributed by atoms with Gasteiger partial charge in [-0.3, -0.25) is 4.79 Å². The predicted molar refractivity (Wildman–Crippen MR) is 66.5 cm³/mol. The van der Waals surface area contributed by atoms with Gasteiger partial charge >= 0.3 is 0 Å². The number of rotatable bonds is 5. The number of aliphatic hydroxyl groups is 1. The summed E-state index contributed by atoms with van der Waals surface area (Å²) in [6, 6.07) is 5.14. The first-order valence-corrected chi connectivity index (χ1v) is 5.61. The molecule has 0 heterocycles. The molecule has 1 aromatic rings. The van der Waals surface area contributed by atoms with Gasteiger partial charge in [-0.15, -0.1) is 0 Å². The normalized spacial score (nSPS) is 12.6. The Hall–Kier alpha value is -1.39. The molecular formula is C13H19NO3.